The number of ether oxygens (including phenoxy) is 2. The number of hydrogen-bond donors (Lipinski definition) is 0. The van der Waals surface area contributed by atoms with Gasteiger partial charge in [0, 0.05) is 12.5 Å². The molecule has 0 spiro atoms. The van der Waals surface area contributed by atoms with Gasteiger partial charge in [-0.2, -0.15) is 0 Å². The van der Waals surface area contributed by atoms with E-state index in [0.29, 0.717) is 27.9 Å². The number of anilines is 1. The molecule has 8 heteroatoms. The summed E-state index contributed by atoms with van der Waals surface area (Å²) in [6.07, 6.45) is 6.42. The van der Waals surface area contributed by atoms with Gasteiger partial charge >= 0.3 is 5.97 Å². The Kier molecular flexibility index (Phi) is 7.35. The average molecular weight is 522 g/mol. The van der Waals surface area contributed by atoms with Crippen molar-refractivity contribution in [1.29, 1.82) is 0 Å². The number of hydrogen-bond acceptors (Lipinski definition) is 5. The summed E-state index contributed by atoms with van der Waals surface area (Å²) in [7, 11) is -2.43. The number of halogens is 1. The molecule has 32 heavy (non-hydrogen) atoms. The van der Waals surface area contributed by atoms with E-state index in [4.69, 9.17) is 9.47 Å². The topological polar surface area (TPSA) is 72.9 Å². The predicted octanol–water partition coefficient (Wildman–Crippen LogP) is 5.61. The Morgan fingerprint density at radius 3 is 2.28 bits per heavy atom. The summed E-state index contributed by atoms with van der Waals surface area (Å²) in [5.41, 5.74) is 2.84. The smallest absolute Gasteiger partial charge is 0.308 e. The molecule has 1 aliphatic carbocycles. The molecule has 0 saturated heterocycles. The minimum Gasteiger partial charge on any atom is -0.493 e. The molecule has 172 valence electrons. The van der Waals surface area contributed by atoms with E-state index < -0.39 is 16.0 Å². The third-order valence-electron chi connectivity index (χ3n) is 5.65. The van der Waals surface area contributed by atoms with Crippen LogP contribution in [0.3, 0.4) is 0 Å². The molecular weight excluding hydrogens is 494 g/mol. The summed E-state index contributed by atoms with van der Waals surface area (Å²) >= 11 is 3.54. The van der Waals surface area contributed by atoms with Crippen molar-refractivity contribution in [3.8, 4) is 11.5 Å². The van der Waals surface area contributed by atoms with Crippen LogP contribution in [0, 0.1) is 20.8 Å². The minimum absolute atomic E-state index is 0.169. The van der Waals surface area contributed by atoms with Crippen LogP contribution in [-0.4, -0.2) is 27.5 Å². The molecule has 0 fully saturated rings. The van der Waals surface area contributed by atoms with Crippen molar-refractivity contribution >= 4 is 37.6 Å². The first-order valence-electron chi connectivity index (χ1n) is 10.4. The van der Waals surface area contributed by atoms with Crippen LogP contribution < -0.4 is 13.8 Å². The molecule has 0 saturated carbocycles. The highest BCUT2D eigenvalue weighted by Gasteiger charge is 2.36. The highest BCUT2D eigenvalue weighted by atomic mass is 79.9. The van der Waals surface area contributed by atoms with E-state index in [1.165, 1.54) is 18.3 Å². The van der Waals surface area contributed by atoms with Crippen molar-refractivity contribution in [3.05, 3.63) is 57.6 Å². The second-order valence-corrected chi connectivity index (χ2v) is 10.5. The maximum atomic E-state index is 14.0. The fraction of sp³-hybridized carbons (Fsp3) is 0.375. The van der Waals surface area contributed by atoms with Crippen molar-refractivity contribution in [1.82, 2.24) is 0 Å². The monoisotopic (exact) mass is 521 g/mol. The van der Waals surface area contributed by atoms with Crippen molar-refractivity contribution in [3.63, 3.8) is 0 Å². The van der Waals surface area contributed by atoms with Gasteiger partial charge in [-0.1, -0.05) is 29.8 Å². The van der Waals surface area contributed by atoms with Gasteiger partial charge in [0.2, 0.25) is 0 Å². The number of carbonyl (C=O) groups excluding carboxylic acids is 1. The van der Waals surface area contributed by atoms with Crippen molar-refractivity contribution in [2.75, 3.05) is 11.4 Å². The molecule has 0 radical (unpaired) electrons. The SMILES string of the molecule is COc1c(C)c(C)c(N(C2C=CCCC2)S(=O)(=O)c2ccc(C)cc2)c(Br)c1OC(C)=O. The quantitative estimate of drug-likeness (QED) is 0.280. The number of aryl methyl sites for hydroxylation is 1. The zero-order valence-corrected chi connectivity index (χ0v) is 21.3. The van der Waals surface area contributed by atoms with Gasteiger partial charge < -0.3 is 9.47 Å². The zero-order chi connectivity index (χ0) is 23.6. The molecule has 0 heterocycles. The Bertz CT molecular complexity index is 1160. The van der Waals surface area contributed by atoms with Crippen LogP contribution in [0.2, 0.25) is 0 Å². The van der Waals surface area contributed by atoms with E-state index in [2.05, 4.69) is 15.9 Å². The van der Waals surface area contributed by atoms with E-state index in [0.717, 1.165) is 24.0 Å². The summed E-state index contributed by atoms with van der Waals surface area (Å²) in [6, 6.07) is 6.44. The van der Waals surface area contributed by atoms with Gasteiger partial charge in [0.05, 0.1) is 28.2 Å². The van der Waals surface area contributed by atoms with Crippen LogP contribution in [0.4, 0.5) is 5.69 Å². The molecule has 1 aliphatic rings. The Hall–Kier alpha value is -2.32. The normalized spacial score (nSPS) is 16.0. The summed E-state index contributed by atoms with van der Waals surface area (Å²) in [4.78, 5) is 12.0. The predicted molar refractivity (Wildman–Crippen MR) is 129 cm³/mol. The maximum Gasteiger partial charge on any atom is 0.308 e. The Morgan fingerprint density at radius 1 is 1.09 bits per heavy atom. The lowest BCUT2D eigenvalue weighted by atomic mass is 10.0. The lowest BCUT2D eigenvalue weighted by Crippen LogP contribution is -2.41. The molecular formula is C24H28BrNO5S. The first-order valence-corrected chi connectivity index (χ1v) is 12.7. The third-order valence-corrected chi connectivity index (χ3v) is 8.22. The molecule has 0 aliphatic heterocycles. The molecule has 6 nitrogen and oxygen atoms in total. The van der Waals surface area contributed by atoms with Crippen LogP contribution >= 0.6 is 15.9 Å². The molecule has 0 bridgehead atoms. The highest BCUT2D eigenvalue weighted by molar-refractivity contribution is 9.10. The molecule has 0 N–H and O–H groups in total. The Morgan fingerprint density at radius 2 is 1.75 bits per heavy atom. The van der Waals surface area contributed by atoms with E-state index in [9.17, 15) is 13.2 Å². The molecule has 3 rings (SSSR count). The molecule has 2 aromatic carbocycles. The number of nitrogens with zero attached hydrogens (tertiary/aromatic N) is 1. The van der Waals surface area contributed by atoms with Crippen LogP contribution in [-0.2, 0) is 14.8 Å². The van der Waals surface area contributed by atoms with Gasteiger partial charge in [0.25, 0.3) is 10.0 Å². The molecule has 0 amide bonds. The third kappa shape index (κ3) is 4.57. The van der Waals surface area contributed by atoms with Gasteiger partial charge in [0.15, 0.2) is 11.5 Å². The largest absolute Gasteiger partial charge is 0.493 e. The van der Waals surface area contributed by atoms with Crippen LogP contribution in [0.25, 0.3) is 0 Å². The highest BCUT2D eigenvalue weighted by Crippen LogP contribution is 2.49. The van der Waals surface area contributed by atoms with Crippen LogP contribution in [0.5, 0.6) is 11.5 Å². The number of sulfonamides is 1. The standard InChI is InChI=1S/C24H28BrNO5S/c1-15-11-13-20(14-12-15)32(28,29)26(19-9-7-6-8-10-19)22-16(2)17(3)23(30-5)24(21(22)25)31-18(4)27/h7,9,11-14,19H,6,8,10H2,1-5H3. The zero-order valence-electron chi connectivity index (χ0n) is 18.9. The van der Waals surface area contributed by atoms with E-state index in [1.807, 2.05) is 32.9 Å². The lowest BCUT2D eigenvalue weighted by Gasteiger charge is -2.35. The first kappa shape index (κ1) is 24.3. The molecule has 2 aromatic rings. The number of rotatable bonds is 6. The minimum atomic E-state index is -3.93. The lowest BCUT2D eigenvalue weighted by molar-refractivity contribution is -0.132. The summed E-state index contributed by atoms with van der Waals surface area (Å²) in [5, 5.41) is 0. The number of benzene rings is 2. The molecule has 1 unspecified atom stereocenters. The Balaban J connectivity index is 2.34. The number of carbonyl (C=O) groups is 1. The Labute approximate surface area is 198 Å². The second-order valence-electron chi connectivity index (χ2n) is 7.91. The van der Waals surface area contributed by atoms with E-state index in [1.54, 1.807) is 24.3 Å². The van der Waals surface area contributed by atoms with Gasteiger partial charge in [-0.25, -0.2) is 8.42 Å². The summed E-state index contributed by atoms with van der Waals surface area (Å²) in [6.45, 7) is 6.88. The van der Waals surface area contributed by atoms with Crippen molar-refractivity contribution < 1.29 is 22.7 Å². The number of esters is 1. The maximum absolute atomic E-state index is 14.0. The van der Waals surface area contributed by atoms with Gasteiger partial charge in [0.1, 0.15) is 0 Å². The van der Waals surface area contributed by atoms with E-state index in [-0.39, 0.29) is 16.7 Å². The number of methoxy groups -OCH3 is 1. The van der Waals surface area contributed by atoms with Crippen molar-refractivity contribution in [2.45, 2.75) is 57.9 Å². The van der Waals surface area contributed by atoms with Crippen LogP contribution in [0.1, 0.15) is 42.9 Å². The van der Waals surface area contributed by atoms with Gasteiger partial charge in [-0.15, -0.1) is 0 Å². The fourth-order valence-electron chi connectivity index (χ4n) is 3.91. The molecule has 0 aromatic heterocycles. The number of allylic oxidation sites excluding steroid dienone is 1. The van der Waals surface area contributed by atoms with E-state index >= 15 is 0 Å². The fourth-order valence-corrected chi connectivity index (χ4v) is 6.49. The van der Waals surface area contributed by atoms with Gasteiger partial charge in [-0.3, -0.25) is 9.10 Å². The second kappa shape index (κ2) is 9.67. The summed E-state index contributed by atoms with van der Waals surface area (Å²) in [5.74, 6) is 0.0332. The van der Waals surface area contributed by atoms with Gasteiger partial charge in [-0.05, 0) is 73.7 Å². The molecule has 1 atom stereocenters. The average Bonchev–Trinajstić information content (AvgIpc) is 2.75. The van der Waals surface area contributed by atoms with Crippen LogP contribution in [0.15, 0.2) is 45.8 Å². The first-order chi connectivity index (χ1) is 15.1. The van der Waals surface area contributed by atoms with Crippen molar-refractivity contribution in [2.24, 2.45) is 0 Å². The summed E-state index contributed by atoms with van der Waals surface area (Å²) < 4.78 is 40.8.